The first-order chi connectivity index (χ1) is 9.87. The Morgan fingerprint density at radius 1 is 1.33 bits per heavy atom. The van der Waals surface area contributed by atoms with Crippen molar-refractivity contribution in [2.45, 2.75) is 52.1 Å². The molecule has 0 saturated carbocycles. The fourth-order valence-corrected chi connectivity index (χ4v) is 2.94. The van der Waals surface area contributed by atoms with E-state index in [1.807, 2.05) is 6.07 Å². The normalized spacial score (nSPS) is 21.6. The molecule has 0 aromatic heterocycles. The van der Waals surface area contributed by atoms with Gasteiger partial charge in [0.15, 0.2) is 0 Å². The molecule has 1 fully saturated rings. The van der Waals surface area contributed by atoms with Crippen LogP contribution in [0.4, 0.5) is 0 Å². The molecule has 0 bridgehead atoms. The van der Waals surface area contributed by atoms with Crippen molar-refractivity contribution in [1.82, 2.24) is 10.2 Å². The van der Waals surface area contributed by atoms with Gasteiger partial charge in [0.25, 0.3) is 0 Å². The summed E-state index contributed by atoms with van der Waals surface area (Å²) in [4.78, 5) is 14.7. The van der Waals surface area contributed by atoms with E-state index in [1.165, 1.54) is 5.56 Å². The molecule has 1 amide bonds. The van der Waals surface area contributed by atoms with Gasteiger partial charge in [-0.3, -0.25) is 4.79 Å². The highest BCUT2D eigenvalue weighted by molar-refractivity contribution is 5.77. The van der Waals surface area contributed by atoms with E-state index in [0.29, 0.717) is 18.2 Å². The van der Waals surface area contributed by atoms with Gasteiger partial charge in [0.05, 0.1) is 0 Å². The highest BCUT2D eigenvalue weighted by atomic mass is 16.2. The van der Waals surface area contributed by atoms with Gasteiger partial charge in [-0.2, -0.15) is 0 Å². The SMILES string of the molecule is CC(C)CC(=O)N1CC(C)(C)NCC1Cc1ccccc1. The van der Waals surface area contributed by atoms with Crippen molar-refractivity contribution in [3.63, 3.8) is 0 Å². The van der Waals surface area contributed by atoms with E-state index in [2.05, 4.69) is 62.2 Å². The molecule has 1 unspecified atom stereocenters. The summed E-state index contributed by atoms with van der Waals surface area (Å²) in [6.07, 6.45) is 1.56. The maximum absolute atomic E-state index is 12.6. The quantitative estimate of drug-likeness (QED) is 0.924. The Kier molecular flexibility index (Phi) is 5.04. The van der Waals surface area contributed by atoms with E-state index in [1.54, 1.807) is 0 Å². The fraction of sp³-hybridized carbons (Fsp3) is 0.611. The predicted molar refractivity (Wildman–Crippen MR) is 87.2 cm³/mol. The Labute approximate surface area is 128 Å². The van der Waals surface area contributed by atoms with Crippen molar-refractivity contribution in [1.29, 1.82) is 0 Å². The molecule has 116 valence electrons. The zero-order valence-electron chi connectivity index (χ0n) is 13.7. The van der Waals surface area contributed by atoms with Gasteiger partial charge in [-0.1, -0.05) is 44.2 Å². The van der Waals surface area contributed by atoms with Gasteiger partial charge >= 0.3 is 0 Å². The average molecular weight is 288 g/mol. The van der Waals surface area contributed by atoms with E-state index in [-0.39, 0.29) is 11.6 Å². The van der Waals surface area contributed by atoms with Crippen LogP contribution in [0.15, 0.2) is 30.3 Å². The molecule has 3 nitrogen and oxygen atoms in total. The van der Waals surface area contributed by atoms with E-state index < -0.39 is 0 Å². The second-order valence-electron chi connectivity index (χ2n) is 7.23. The van der Waals surface area contributed by atoms with Crippen LogP contribution in [-0.2, 0) is 11.2 Å². The van der Waals surface area contributed by atoms with Gasteiger partial charge in [0, 0.05) is 31.1 Å². The van der Waals surface area contributed by atoms with Crippen LogP contribution < -0.4 is 5.32 Å². The molecular weight excluding hydrogens is 260 g/mol. The number of rotatable bonds is 4. The van der Waals surface area contributed by atoms with Gasteiger partial charge in [0.2, 0.25) is 5.91 Å². The standard InChI is InChI=1S/C18H28N2O/c1-14(2)10-17(21)20-13-18(3,4)19-12-16(20)11-15-8-6-5-7-9-15/h5-9,14,16,19H,10-13H2,1-4H3. The Morgan fingerprint density at radius 2 is 2.00 bits per heavy atom. The minimum absolute atomic E-state index is 0.000171. The summed E-state index contributed by atoms with van der Waals surface area (Å²) >= 11 is 0. The molecule has 0 aliphatic carbocycles. The highest BCUT2D eigenvalue weighted by Crippen LogP contribution is 2.20. The van der Waals surface area contributed by atoms with Gasteiger partial charge < -0.3 is 10.2 Å². The first-order valence-electron chi connectivity index (χ1n) is 7.96. The summed E-state index contributed by atoms with van der Waals surface area (Å²) in [5, 5.41) is 3.57. The van der Waals surface area contributed by atoms with E-state index in [0.717, 1.165) is 19.5 Å². The molecule has 1 heterocycles. The monoisotopic (exact) mass is 288 g/mol. The lowest BCUT2D eigenvalue weighted by atomic mass is 9.94. The summed E-state index contributed by atoms with van der Waals surface area (Å²) in [6, 6.07) is 10.7. The molecule has 1 aliphatic heterocycles. The minimum Gasteiger partial charge on any atom is -0.336 e. The predicted octanol–water partition coefficient (Wildman–Crippen LogP) is 2.85. The second-order valence-corrected chi connectivity index (χ2v) is 7.23. The van der Waals surface area contributed by atoms with Crippen LogP contribution in [0.1, 0.15) is 39.7 Å². The molecule has 1 saturated heterocycles. The summed E-state index contributed by atoms with van der Waals surface area (Å²) in [5.74, 6) is 0.702. The molecule has 1 aliphatic rings. The number of nitrogens with one attached hydrogen (secondary N) is 1. The number of hydrogen-bond donors (Lipinski definition) is 1. The maximum Gasteiger partial charge on any atom is 0.223 e. The number of amides is 1. The van der Waals surface area contributed by atoms with E-state index >= 15 is 0 Å². The summed E-state index contributed by atoms with van der Waals surface area (Å²) in [7, 11) is 0. The van der Waals surface area contributed by atoms with Crippen LogP contribution >= 0.6 is 0 Å². The van der Waals surface area contributed by atoms with Crippen molar-refractivity contribution in [3.05, 3.63) is 35.9 Å². The topological polar surface area (TPSA) is 32.3 Å². The summed E-state index contributed by atoms with van der Waals surface area (Å²) < 4.78 is 0. The largest absolute Gasteiger partial charge is 0.336 e. The summed E-state index contributed by atoms with van der Waals surface area (Å²) in [6.45, 7) is 10.2. The zero-order chi connectivity index (χ0) is 15.5. The van der Waals surface area contributed by atoms with E-state index in [9.17, 15) is 4.79 Å². The third kappa shape index (κ3) is 4.57. The van der Waals surface area contributed by atoms with Crippen molar-refractivity contribution >= 4 is 5.91 Å². The molecule has 2 rings (SSSR count). The Morgan fingerprint density at radius 3 is 2.62 bits per heavy atom. The van der Waals surface area contributed by atoms with Crippen LogP contribution in [-0.4, -0.2) is 35.5 Å². The first kappa shape index (κ1) is 16.0. The number of carbonyl (C=O) groups excluding carboxylic acids is 1. The number of hydrogen-bond acceptors (Lipinski definition) is 2. The first-order valence-corrected chi connectivity index (χ1v) is 7.96. The number of carbonyl (C=O) groups is 1. The second kappa shape index (κ2) is 6.61. The van der Waals surface area contributed by atoms with Crippen molar-refractivity contribution in [2.24, 2.45) is 5.92 Å². The molecule has 1 aromatic carbocycles. The molecule has 1 N–H and O–H groups in total. The summed E-state index contributed by atoms with van der Waals surface area (Å²) in [5.41, 5.74) is 1.30. The number of benzene rings is 1. The molecule has 0 spiro atoms. The van der Waals surface area contributed by atoms with Gasteiger partial charge in [-0.25, -0.2) is 0 Å². The zero-order valence-corrected chi connectivity index (χ0v) is 13.7. The van der Waals surface area contributed by atoms with Crippen LogP contribution in [0, 0.1) is 5.92 Å². The lowest BCUT2D eigenvalue weighted by molar-refractivity contribution is -0.137. The van der Waals surface area contributed by atoms with Crippen LogP contribution in [0.25, 0.3) is 0 Å². The maximum atomic E-state index is 12.6. The molecule has 21 heavy (non-hydrogen) atoms. The molecule has 3 heteroatoms. The fourth-order valence-electron chi connectivity index (χ4n) is 2.94. The van der Waals surface area contributed by atoms with Crippen LogP contribution in [0.2, 0.25) is 0 Å². The number of piperazine rings is 1. The van der Waals surface area contributed by atoms with Gasteiger partial charge in [-0.15, -0.1) is 0 Å². The Bertz CT molecular complexity index is 467. The van der Waals surface area contributed by atoms with Crippen LogP contribution in [0.5, 0.6) is 0 Å². The van der Waals surface area contributed by atoms with E-state index in [4.69, 9.17) is 0 Å². The molecular formula is C18H28N2O. The van der Waals surface area contributed by atoms with Gasteiger partial charge in [-0.05, 0) is 31.7 Å². The lowest BCUT2D eigenvalue weighted by Gasteiger charge is -2.45. The van der Waals surface area contributed by atoms with Crippen LogP contribution in [0.3, 0.4) is 0 Å². The molecule has 0 radical (unpaired) electrons. The highest BCUT2D eigenvalue weighted by Gasteiger charge is 2.35. The Hall–Kier alpha value is -1.35. The third-order valence-electron chi connectivity index (χ3n) is 4.04. The van der Waals surface area contributed by atoms with Crippen molar-refractivity contribution in [2.75, 3.05) is 13.1 Å². The van der Waals surface area contributed by atoms with Gasteiger partial charge in [0.1, 0.15) is 0 Å². The number of nitrogens with zero attached hydrogens (tertiary/aromatic N) is 1. The lowest BCUT2D eigenvalue weighted by Crippen LogP contribution is -2.63. The smallest absolute Gasteiger partial charge is 0.223 e. The Balaban J connectivity index is 2.11. The average Bonchev–Trinajstić information content (AvgIpc) is 2.41. The minimum atomic E-state index is -0.000171. The third-order valence-corrected chi connectivity index (χ3v) is 4.04. The van der Waals surface area contributed by atoms with Crippen molar-refractivity contribution < 1.29 is 4.79 Å². The molecule has 1 atom stereocenters. The molecule has 1 aromatic rings. The van der Waals surface area contributed by atoms with Crippen molar-refractivity contribution in [3.8, 4) is 0 Å².